The van der Waals surface area contributed by atoms with E-state index in [4.69, 9.17) is 0 Å². The van der Waals surface area contributed by atoms with E-state index in [1.165, 1.54) is 11.1 Å². The summed E-state index contributed by atoms with van der Waals surface area (Å²) in [5.41, 5.74) is 2.49. The molecule has 1 amide bonds. The van der Waals surface area contributed by atoms with Gasteiger partial charge in [0, 0.05) is 32.6 Å². The van der Waals surface area contributed by atoms with Gasteiger partial charge in [-0.1, -0.05) is 60.7 Å². The van der Waals surface area contributed by atoms with E-state index in [9.17, 15) is 4.79 Å². The lowest BCUT2D eigenvalue weighted by Gasteiger charge is -2.48. The summed E-state index contributed by atoms with van der Waals surface area (Å²) in [6.45, 7) is 3.03. The highest BCUT2D eigenvalue weighted by atomic mass is 16.2. The molecule has 0 atom stereocenters. The zero-order valence-electron chi connectivity index (χ0n) is 15.6. The topological polar surface area (TPSA) is 23.6 Å². The van der Waals surface area contributed by atoms with Crippen LogP contribution < -0.4 is 0 Å². The summed E-state index contributed by atoms with van der Waals surface area (Å²) in [6, 6.07) is 21.3. The maximum atomic E-state index is 12.9. The second-order valence-corrected chi connectivity index (χ2v) is 7.83. The molecule has 2 aliphatic rings. The fourth-order valence-electron chi connectivity index (χ4n) is 4.30. The van der Waals surface area contributed by atoms with Crippen LogP contribution in [-0.2, 0) is 16.9 Å². The molecule has 2 aromatic carbocycles. The summed E-state index contributed by atoms with van der Waals surface area (Å²) in [4.78, 5) is 17.5. The maximum absolute atomic E-state index is 12.9. The van der Waals surface area contributed by atoms with Crippen LogP contribution in [0.15, 0.2) is 60.7 Å². The van der Waals surface area contributed by atoms with Crippen LogP contribution in [0.5, 0.6) is 0 Å². The normalized spacial score (nSPS) is 19.9. The van der Waals surface area contributed by atoms with E-state index < -0.39 is 0 Å². The molecule has 3 heteroatoms. The van der Waals surface area contributed by atoms with Gasteiger partial charge in [0.15, 0.2) is 0 Å². The molecule has 0 bridgehead atoms. The van der Waals surface area contributed by atoms with Crippen molar-refractivity contribution in [1.29, 1.82) is 0 Å². The number of amides is 1. The second kappa shape index (κ2) is 7.24. The van der Waals surface area contributed by atoms with E-state index in [1.807, 2.05) is 7.05 Å². The van der Waals surface area contributed by atoms with Crippen molar-refractivity contribution in [2.24, 2.45) is 5.92 Å². The highest BCUT2D eigenvalue weighted by Gasteiger charge is 2.45. The SMILES string of the molecule is CN(C(=O)C1CC1)C1(c2ccccc2)CCN(Cc2ccccc2)CC1. The number of hydrogen-bond donors (Lipinski definition) is 0. The zero-order valence-corrected chi connectivity index (χ0v) is 15.6. The number of benzene rings is 2. The molecule has 1 heterocycles. The van der Waals surface area contributed by atoms with Gasteiger partial charge in [-0.05, 0) is 36.8 Å². The Hall–Kier alpha value is -2.13. The summed E-state index contributed by atoms with van der Waals surface area (Å²) in [5.74, 6) is 0.605. The Morgan fingerprint density at radius 1 is 1.00 bits per heavy atom. The molecule has 136 valence electrons. The van der Waals surface area contributed by atoms with Crippen LogP contribution in [0.1, 0.15) is 36.8 Å². The average molecular weight is 348 g/mol. The molecular formula is C23H28N2O. The first-order valence-electron chi connectivity index (χ1n) is 9.78. The number of carbonyl (C=O) groups is 1. The average Bonchev–Trinajstić information content (AvgIpc) is 3.54. The van der Waals surface area contributed by atoms with Crippen LogP contribution >= 0.6 is 0 Å². The van der Waals surface area contributed by atoms with Crippen LogP contribution in [-0.4, -0.2) is 35.8 Å². The van der Waals surface area contributed by atoms with Crippen LogP contribution in [0.3, 0.4) is 0 Å². The lowest BCUT2D eigenvalue weighted by Crippen LogP contribution is -2.54. The molecule has 26 heavy (non-hydrogen) atoms. The number of hydrogen-bond acceptors (Lipinski definition) is 2. The molecule has 3 nitrogen and oxygen atoms in total. The zero-order chi connectivity index (χ0) is 18.0. The van der Waals surface area contributed by atoms with Crippen molar-refractivity contribution in [1.82, 2.24) is 9.80 Å². The number of rotatable bonds is 5. The van der Waals surface area contributed by atoms with Gasteiger partial charge in [0.05, 0.1) is 5.54 Å². The van der Waals surface area contributed by atoms with Crippen molar-refractivity contribution < 1.29 is 4.79 Å². The lowest BCUT2D eigenvalue weighted by molar-refractivity contribution is -0.139. The van der Waals surface area contributed by atoms with Gasteiger partial charge in [0.2, 0.25) is 5.91 Å². The second-order valence-electron chi connectivity index (χ2n) is 7.83. The number of carbonyl (C=O) groups excluding carboxylic acids is 1. The number of likely N-dealkylation sites (tertiary alicyclic amines) is 1. The monoisotopic (exact) mass is 348 g/mol. The van der Waals surface area contributed by atoms with Crippen LogP contribution in [0.2, 0.25) is 0 Å². The number of nitrogens with zero attached hydrogens (tertiary/aromatic N) is 2. The van der Waals surface area contributed by atoms with Gasteiger partial charge < -0.3 is 4.90 Å². The van der Waals surface area contributed by atoms with Gasteiger partial charge >= 0.3 is 0 Å². The molecule has 0 radical (unpaired) electrons. The van der Waals surface area contributed by atoms with E-state index >= 15 is 0 Å². The molecule has 4 rings (SSSR count). The smallest absolute Gasteiger partial charge is 0.226 e. The summed E-state index contributed by atoms with van der Waals surface area (Å²) in [6.07, 6.45) is 4.12. The molecule has 1 saturated carbocycles. The van der Waals surface area contributed by atoms with Crippen molar-refractivity contribution in [2.45, 2.75) is 37.8 Å². The molecule has 0 spiro atoms. The first-order chi connectivity index (χ1) is 12.7. The van der Waals surface area contributed by atoms with Gasteiger partial charge in [-0.3, -0.25) is 9.69 Å². The molecule has 1 aliphatic carbocycles. The molecule has 2 aromatic rings. The van der Waals surface area contributed by atoms with E-state index in [2.05, 4.69) is 70.5 Å². The van der Waals surface area contributed by atoms with E-state index in [0.29, 0.717) is 5.91 Å². The summed E-state index contributed by atoms with van der Waals surface area (Å²) in [7, 11) is 2.03. The quantitative estimate of drug-likeness (QED) is 0.814. The molecule has 0 unspecified atom stereocenters. The molecule has 2 fully saturated rings. The molecule has 0 aromatic heterocycles. The van der Waals surface area contributed by atoms with Crippen LogP contribution in [0, 0.1) is 5.92 Å². The van der Waals surface area contributed by atoms with Crippen LogP contribution in [0.25, 0.3) is 0 Å². The molecule has 1 aliphatic heterocycles. The Labute approximate surface area is 156 Å². The highest BCUT2D eigenvalue weighted by molar-refractivity contribution is 5.81. The van der Waals surface area contributed by atoms with Crippen LogP contribution in [0.4, 0.5) is 0 Å². The third-order valence-corrected chi connectivity index (χ3v) is 6.14. The fraction of sp³-hybridized carbons (Fsp3) is 0.435. The third-order valence-electron chi connectivity index (χ3n) is 6.14. The first-order valence-corrected chi connectivity index (χ1v) is 9.78. The Morgan fingerprint density at radius 2 is 1.58 bits per heavy atom. The van der Waals surface area contributed by atoms with E-state index in [1.54, 1.807) is 0 Å². The molecule has 0 N–H and O–H groups in total. The van der Waals surface area contributed by atoms with Gasteiger partial charge in [-0.15, -0.1) is 0 Å². The Morgan fingerprint density at radius 3 is 2.15 bits per heavy atom. The van der Waals surface area contributed by atoms with Gasteiger partial charge in [-0.2, -0.15) is 0 Å². The predicted octanol–water partition coefficient (Wildman–Crippen LogP) is 4.05. The summed E-state index contributed by atoms with van der Waals surface area (Å²) >= 11 is 0. The minimum Gasteiger partial charge on any atom is -0.336 e. The summed E-state index contributed by atoms with van der Waals surface area (Å²) in [5, 5.41) is 0. The van der Waals surface area contributed by atoms with E-state index in [-0.39, 0.29) is 11.5 Å². The molecule has 1 saturated heterocycles. The van der Waals surface area contributed by atoms with E-state index in [0.717, 1.165) is 45.3 Å². The minimum absolute atomic E-state index is 0.159. The largest absolute Gasteiger partial charge is 0.336 e. The molecular weight excluding hydrogens is 320 g/mol. The Kier molecular flexibility index (Phi) is 4.82. The fourth-order valence-corrected chi connectivity index (χ4v) is 4.30. The summed E-state index contributed by atoms with van der Waals surface area (Å²) < 4.78 is 0. The Balaban J connectivity index is 1.53. The third kappa shape index (κ3) is 3.41. The van der Waals surface area contributed by atoms with Crippen molar-refractivity contribution in [3.8, 4) is 0 Å². The Bertz CT molecular complexity index is 731. The lowest BCUT2D eigenvalue weighted by atomic mass is 9.79. The van der Waals surface area contributed by atoms with Gasteiger partial charge in [0.1, 0.15) is 0 Å². The highest BCUT2D eigenvalue weighted by Crippen LogP contribution is 2.42. The van der Waals surface area contributed by atoms with Crippen molar-refractivity contribution in [2.75, 3.05) is 20.1 Å². The van der Waals surface area contributed by atoms with Crippen molar-refractivity contribution in [3.63, 3.8) is 0 Å². The first kappa shape index (κ1) is 17.3. The minimum atomic E-state index is -0.159. The number of piperidine rings is 1. The predicted molar refractivity (Wildman–Crippen MR) is 105 cm³/mol. The van der Waals surface area contributed by atoms with Crippen molar-refractivity contribution in [3.05, 3.63) is 71.8 Å². The standard InChI is InChI=1S/C23H28N2O/c1-24(22(26)20-12-13-20)23(21-10-6-3-7-11-21)14-16-25(17-15-23)18-19-8-4-2-5-9-19/h2-11,20H,12-18H2,1H3. The van der Waals surface area contributed by atoms with Gasteiger partial charge in [-0.25, -0.2) is 0 Å². The van der Waals surface area contributed by atoms with Crippen molar-refractivity contribution >= 4 is 5.91 Å². The van der Waals surface area contributed by atoms with Gasteiger partial charge in [0.25, 0.3) is 0 Å². The maximum Gasteiger partial charge on any atom is 0.226 e.